The lowest BCUT2D eigenvalue weighted by Gasteiger charge is -2.33. The Balaban J connectivity index is 1.82. The highest BCUT2D eigenvalue weighted by Gasteiger charge is 2.32. The average Bonchev–Trinajstić information content (AvgIpc) is 3.17. The molecule has 0 radical (unpaired) electrons. The van der Waals surface area contributed by atoms with Crippen molar-refractivity contribution in [3.8, 4) is 6.07 Å². The summed E-state index contributed by atoms with van der Waals surface area (Å²) in [7, 11) is 0. The van der Waals surface area contributed by atoms with Gasteiger partial charge in [0.25, 0.3) is 5.91 Å². The Labute approximate surface area is 158 Å². The average molecular weight is 372 g/mol. The third-order valence-electron chi connectivity index (χ3n) is 5.12. The fraction of sp³-hybridized carbons (Fsp3) is 0.550. The predicted octanol–water partition coefficient (Wildman–Crippen LogP) is 4.96. The number of hydrogen-bond acceptors (Lipinski definition) is 5. The number of carbonyl (C=O) groups excluding carboxylic acids is 1. The summed E-state index contributed by atoms with van der Waals surface area (Å²) in [5.41, 5.74) is 2.23. The van der Waals surface area contributed by atoms with Crippen LogP contribution in [0.15, 0.2) is 10.6 Å². The van der Waals surface area contributed by atoms with E-state index in [9.17, 15) is 10.1 Å². The molecule has 0 bridgehead atoms. The fourth-order valence-corrected chi connectivity index (χ4v) is 4.76. The molecule has 1 aliphatic carbocycles. The summed E-state index contributed by atoms with van der Waals surface area (Å²) in [6.45, 7) is 8.84. The lowest BCUT2D eigenvalue weighted by atomic mass is 9.72. The molecule has 2 heterocycles. The van der Waals surface area contributed by atoms with Crippen LogP contribution >= 0.6 is 11.3 Å². The van der Waals surface area contributed by atoms with Crippen molar-refractivity contribution in [2.45, 2.75) is 59.8 Å². The molecule has 26 heavy (non-hydrogen) atoms. The zero-order chi connectivity index (χ0) is 18.9. The molecule has 1 atom stereocenters. The number of thiophene rings is 1. The number of carbonyl (C=O) groups is 1. The van der Waals surface area contributed by atoms with Gasteiger partial charge in [0.1, 0.15) is 16.8 Å². The maximum Gasteiger partial charge on any atom is 0.278 e. The van der Waals surface area contributed by atoms with Crippen LogP contribution in [0.1, 0.15) is 72.8 Å². The molecule has 0 aromatic carbocycles. The first-order chi connectivity index (χ1) is 12.3. The van der Waals surface area contributed by atoms with Crippen LogP contribution in [0.4, 0.5) is 5.00 Å². The van der Waals surface area contributed by atoms with Crippen LogP contribution in [0.2, 0.25) is 0 Å². The van der Waals surface area contributed by atoms with Gasteiger partial charge in [0.05, 0.1) is 5.56 Å². The van der Waals surface area contributed by atoms with Gasteiger partial charge in [-0.15, -0.1) is 11.3 Å². The lowest BCUT2D eigenvalue weighted by molar-refractivity contribution is 0.101. The van der Waals surface area contributed by atoms with E-state index in [4.69, 9.17) is 4.52 Å². The minimum absolute atomic E-state index is 0.244. The third-order valence-corrected chi connectivity index (χ3v) is 6.29. The molecule has 0 saturated heterocycles. The first-order valence-corrected chi connectivity index (χ1v) is 9.96. The van der Waals surface area contributed by atoms with E-state index in [2.05, 4.69) is 37.3 Å². The van der Waals surface area contributed by atoms with E-state index in [1.54, 1.807) is 6.07 Å². The van der Waals surface area contributed by atoms with Gasteiger partial charge in [0, 0.05) is 17.4 Å². The zero-order valence-corrected chi connectivity index (χ0v) is 16.6. The standard InChI is InChI=1S/C20H25N3O2S/c1-5-6-13-10-16(23-25-13)18(24)22-19-15(11-21)14-8-7-12(20(2,3)4)9-17(14)26-19/h10,12H,5-9H2,1-4H3,(H,22,24). The maximum atomic E-state index is 12.5. The van der Waals surface area contributed by atoms with Crippen molar-refractivity contribution in [2.75, 3.05) is 5.32 Å². The summed E-state index contributed by atoms with van der Waals surface area (Å²) in [5, 5.41) is 17.0. The predicted molar refractivity (Wildman–Crippen MR) is 102 cm³/mol. The zero-order valence-electron chi connectivity index (χ0n) is 15.8. The molecule has 0 saturated carbocycles. The second-order valence-corrected chi connectivity index (χ2v) is 9.11. The number of hydrogen-bond donors (Lipinski definition) is 1. The number of aromatic nitrogens is 1. The number of nitrogens with zero attached hydrogens (tertiary/aromatic N) is 2. The monoisotopic (exact) mass is 371 g/mol. The van der Waals surface area contributed by atoms with E-state index in [-0.39, 0.29) is 17.0 Å². The van der Waals surface area contributed by atoms with Crippen molar-refractivity contribution in [2.24, 2.45) is 11.3 Å². The van der Waals surface area contributed by atoms with Gasteiger partial charge in [-0.1, -0.05) is 32.9 Å². The Kier molecular flexibility index (Phi) is 5.19. The van der Waals surface area contributed by atoms with Crippen LogP contribution in [0.3, 0.4) is 0 Å². The number of fused-ring (bicyclic) bond motifs is 1. The van der Waals surface area contributed by atoms with Crippen LogP contribution in [0.25, 0.3) is 0 Å². The maximum absolute atomic E-state index is 12.5. The van der Waals surface area contributed by atoms with E-state index in [1.807, 2.05) is 6.92 Å². The topological polar surface area (TPSA) is 78.9 Å². The molecule has 2 aromatic rings. The van der Waals surface area contributed by atoms with E-state index in [0.717, 1.165) is 37.7 Å². The van der Waals surface area contributed by atoms with E-state index in [0.29, 0.717) is 22.2 Å². The van der Waals surface area contributed by atoms with Gasteiger partial charge in [-0.05, 0) is 42.6 Å². The molecule has 0 aliphatic heterocycles. The molecule has 138 valence electrons. The first-order valence-electron chi connectivity index (χ1n) is 9.15. The summed E-state index contributed by atoms with van der Waals surface area (Å²) >= 11 is 1.53. The number of rotatable bonds is 4. The highest BCUT2D eigenvalue weighted by molar-refractivity contribution is 7.16. The second-order valence-electron chi connectivity index (χ2n) is 8.01. The highest BCUT2D eigenvalue weighted by atomic mass is 32.1. The van der Waals surface area contributed by atoms with Crippen LogP contribution in [0, 0.1) is 22.7 Å². The van der Waals surface area contributed by atoms with Gasteiger partial charge in [-0.25, -0.2) is 0 Å². The number of aryl methyl sites for hydroxylation is 1. The van der Waals surface area contributed by atoms with Crippen molar-refractivity contribution in [1.82, 2.24) is 5.16 Å². The van der Waals surface area contributed by atoms with E-state index < -0.39 is 0 Å². The van der Waals surface area contributed by atoms with E-state index >= 15 is 0 Å². The van der Waals surface area contributed by atoms with Crippen LogP contribution in [0.5, 0.6) is 0 Å². The molecule has 2 aromatic heterocycles. The molecule has 1 N–H and O–H groups in total. The van der Waals surface area contributed by atoms with Crippen molar-refractivity contribution in [1.29, 1.82) is 5.26 Å². The Bertz CT molecular complexity index is 852. The highest BCUT2D eigenvalue weighted by Crippen LogP contribution is 2.44. The van der Waals surface area contributed by atoms with E-state index in [1.165, 1.54) is 16.2 Å². The van der Waals surface area contributed by atoms with Crippen molar-refractivity contribution < 1.29 is 9.32 Å². The molecule has 1 amide bonds. The van der Waals surface area contributed by atoms with Crippen LogP contribution in [-0.4, -0.2) is 11.1 Å². The fourth-order valence-electron chi connectivity index (χ4n) is 3.48. The Morgan fingerprint density at radius 1 is 1.50 bits per heavy atom. The van der Waals surface area contributed by atoms with Gasteiger partial charge >= 0.3 is 0 Å². The molecule has 0 fully saturated rings. The third kappa shape index (κ3) is 3.68. The summed E-state index contributed by atoms with van der Waals surface area (Å²) in [5.74, 6) is 0.978. The SMILES string of the molecule is CCCc1cc(C(=O)Nc2sc3c(c2C#N)CCC(C(C)(C)C)C3)no1. The quantitative estimate of drug-likeness (QED) is 0.823. The van der Waals surface area contributed by atoms with Gasteiger partial charge in [0.2, 0.25) is 0 Å². The number of nitriles is 1. The second kappa shape index (κ2) is 7.24. The Hall–Kier alpha value is -2.13. The van der Waals surface area contributed by atoms with Crippen LogP contribution < -0.4 is 5.32 Å². The smallest absolute Gasteiger partial charge is 0.278 e. The van der Waals surface area contributed by atoms with Gasteiger partial charge < -0.3 is 9.84 Å². The molecule has 3 rings (SSSR count). The number of amides is 1. The molecule has 6 heteroatoms. The van der Waals surface area contributed by atoms with Crippen molar-refractivity contribution >= 4 is 22.2 Å². The van der Waals surface area contributed by atoms with Crippen molar-refractivity contribution in [3.05, 3.63) is 33.5 Å². The number of nitrogens with one attached hydrogen (secondary N) is 1. The summed E-state index contributed by atoms with van der Waals surface area (Å²) < 4.78 is 5.18. The molecular formula is C20H25N3O2S. The minimum atomic E-state index is -0.321. The lowest BCUT2D eigenvalue weighted by Crippen LogP contribution is -2.26. The van der Waals surface area contributed by atoms with Crippen LogP contribution in [-0.2, 0) is 19.3 Å². The number of anilines is 1. The van der Waals surface area contributed by atoms with Gasteiger partial charge in [-0.2, -0.15) is 5.26 Å². The molecular weight excluding hydrogens is 346 g/mol. The molecule has 5 nitrogen and oxygen atoms in total. The molecule has 1 unspecified atom stereocenters. The first kappa shape index (κ1) is 18.7. The summed E-state index contributed by atoms with van der Waals surface area (Å²) in [6, 6.07) is 3.97. The minimum Gasteiger partial charge on any atom is -0.361 e. The van der Waals surface area contributed by atoms with Gasteiger partial charge in [0.15, 0.2) is 5.69 Å². The molecule has 1 aliphatic rings. The normalized spacial score (nSPS) is 16.8. The van der Waals surface area contributed by atoms with Gasteiger partial charge in [-0.3, -0.25) is 4.79 Å². The molecule has 0 spiro atoms. The summed E-state index contributed by atoms with van der Waals surface area (Å²) in [4.78, 5) is 13.7. The largest absolute Gasteiger partial charge is 0.361 e. The summed E-state index contributed by atoms with van der Waals surface area (Å²) in [6.07, 6.45) is 4.64. The Morgan fingerprint density at radius 3 is 2.92 bits per heavy atom. The van der Waals surface area contributed by atoms with Crippen molar-refractivity contribution in [3.63, 3.8) is 0 Å². The Morgan fingerprint density at radius 2 is 2.27 bits per heavy atom.